The molecule has 5 rings (SSSR count). The number of halogens is 2. The number of anilines is 1. The van der Waals surface area contributed by atoms with Crippen LogP contribution in [0.5, 0.6) is 0 Å². The summed E-state index contributed by atoms with van der Waals surface area (Å²) in [6, 6.07) is 16.8. The van der Waals surface area contributed by atoms with E-state index < -0.39 is 0 Å². The van der Waals surface area contributed by atoms with Crippen LogP contribution in [0.4, 0.5) is 10.2 Å². The molecule has 0 N–H and O–H groups in total. The maximum absolute atomic E-state index is 13.1. The molecule has 6 heteroatoms. The van der Waals surface area contributed by atoms with E-state index in [0.29, 0.717) is 5.02 Å². The number of hydrogen-bond donors (Lipinski definition) is 0. The third-order valence-corrected chi connectivity index (χ3v) is 5.63. The lowest BCUT2D eigenvalue weighted by molar-refractivity contribution is 0.249. The molecule has 3 heterocycles. The summed E-state index contributed by atoms with van der Waals surface area (Å²) >= 11 is 6.19. The molecule has 0 unspecified atom stereocenters. The van der Waals surface area contributed by atoms with Gasteiger partial charge in [-0.2, -0.15) is 0 Å². The van der Waals surface area contributed by atoms with Crippen LogP contribution in [0.1, 0.15) is 5.56 Å². The fourth-order valence-electron chi connectivity index (χ4n) is 3.93. The second-order valence-electron chi connectivity index (χ2n) is 7.22. The van der Waals surface area contributed by atoms with Crippen molar-refractivity contribution in [2.45, 2.75) is 6.54 Å². The smallest absolute Gasteiger partial charge is 0.153 e. The highest BCUT2D eigenvalue weighted by molar-refractivity contribution is 6.31. The van der Waals surface area contributed by atoms with Gasteiger partial charge >= 0.3 is 0 Å². The summed E-state index contributed by atoms with van der Waals surface area (Å²) in [6.07, 6.45) is 2.06. The molecule has 142 valence electrons. The highest BCUT2D eigenvalue weighted by Crippen LogP contribution is 2.28. The molecule has 0 spiro atoms. The average molecular weight is 395 g/mol. The molecule has 0 amide bonds. The summed E-state index contributed by atoms with van der Waals surface area (Å²) in [7, 11) is 0. The van der Waals surface area contributed by atoms with Gasteiger partial charge in [0.05, 0.1) is 16.6 Å². The van der Waals surface area contributed by atoms with E-state index in [1.54, 1.807) is 0 Å². The van der Waals surface area contributed by atoms with E-state index >= 15 is 0 Å². The molecular formula is C22H20ClFN4. The van der Waals surface area contributed by atoms with E-state index in [9.17, 15) is 4.39 Å². The third-order valence-electron chi connectivity index (χ3n) is 5.39. The number of benzene rings is 2. The minimum Gasteiger partial charge on any atom is -0.352 e. The van der Waals surface area contributed by atoms with Crippen molar-refractivity contribution >= 4 is 34.0 Å². The largest absolute Gasteiger partial charge is 0.352 e. The van der Waals surface area contributed by atoms with Crippen molar-refractivity contribution in [3.63, 3.8) is 0 Å². The van der Waals surface area contributed by atoms with Crippen LogP contribution in [0.15, 0.2) is 60.8 Å². The van der Waals surface area contributed by atoms with Gasteiger partial charge in [0.2, 0.25) is 0 Å². The van der Waals surface area contributed by atoms with Crippen molar-refractivity contribution in [3.8, 4) is 0 Å². The molecule has 2 aromatic heterocycles. The van der Waals surface area contributed by atoms with E-state index in [-0.39, 0.29) is 5.82 Å². The van der Waals surface area contributed by atoms with Gasteiger partial charge in [-0.05, 0) is 48.0 Å². The van der Waals surface area contributed by atoms with Crippen molar-refractivity contribution in [2.24, 2.45) is 0 Å². The summed E-state index contributed by atoms with van der Waals surface area (Å²) < 4.78 is 15.3. The Bertz CT molecular complexity index is 1130. The highest BCUT2D eigenvalue weighted by Gasteiger charge is 2.21. The summed E-state index contributed by atoms with van der Waals surface area (Å²) in [5.41, 5.74) is 4.20. The second kappa shape index (κ2) is 7.08. The number of aromatic nitrogens is 2. The first-order chi connectivity index (χ1) is 13.7. The predicted molar refractivity (Wildman–Crippen MR) is 112 cm³/mol. The van der Waals surface area contributed by atoms with E-state index in [2.05, 4.69) is 26.5 Å². The van der Waals surface area contributed by atoms with Gasteiger partial charge in [0.25, 0.3) is 0 Å². The van der Waals surface area contributed by atoms with Crippen molar-refractivity contribution in [2.75, 3.05) is 31.1 Å². The lowest BCUT2D eigenvalue weighted by Gasteiger charge is -2.35. The lowest BCUT2D eigenvalue weighted by Crippen LogP contribution is -2.46. The number of nitrogens with zero attached hydrogens (tertiary/aromatic N) is 4. The normalized spacial score (nSPS) is 15.6. The Morgan fingerprint density at radius 3 is 2.50 bits per heavy atom. The predicted octanol–water partition coefficient (Wildman–Crippen LogP) is 4.60. The summed E-state index contributed by atoms with van der Waals surface area (Å²) in [6.45, 7) is 4.57. The van der Waals surface area contributed by atoms with Crippen LogP contribution in [0, 0.1) is 5.82 Å². The molecule has 1 aliphatic rings. The van der Waals surface area contributed by atoms with Gasteiger partial charge in [-0.25, -0.2) is 9.37 Å². The molecule has 0 saturated carbocycles. The zero-order chi connectivity index (χ0) is 19.1. The van der Waals surface area contributed by atoms with Gasteiger partial charge in [0.1, 0.15) is 5.82 Å². The summed E-state index contributed by atoms with van der Waals surface area (Å²) in [4.78, 5) is 9.70. The Labute approximate surface area is 167 Å². The molecule has 0 bridgehead atoms. The van der Waals surface area contributed by atoms with Gasteiger partial charge in [-0.3, -0.25) is 4.90 Å². The van der Waals surface area contributed by atoms with Crippen molar-refractivity contribution in [1.29, 1.82) is 0 Å². The van der Waals surface area contributed by atoms with Crippen molar-refractivity contribution in [1.82, 2.24) is 14.3 Å². The number of rotatable bonds is 3. The minimum absolute atomic E-state index is 0.187. The van der Waals surface area contributed by atoms with Crippen LogP contribution < -0.4 is 4.90 Å². The van der Waals surface area contributed by atoms with Crippen LogP contribution in [0.2, 0.25) is 5.02 Å². The first-order valence-corrected chi connectivity index (χ1v) is 9.83. The summed E-state index contributed by atoms with van der Waals surface area (Å²) in [5.74, 6) is 0.828. The summed E-state index contributed by atoms with van der Waals surface area (Å²) in [5, 5.41) is 0.714. The van der Waals surface area contributed by atoms with Crippen LogP contribution >= 0.6 is 11.6 Å². The number of hydrogen-bond acceptors (Lipinski definition) is 3. The van der Waals surface area contributed by atoms with Crippen LogP contribution in [-0.4, -0.2) is 40.5 Å². The molecule has 1 saturated heterocycles. The van der Waals surface area contributed by atoms with Crippen LogP contribution in [0.3, 0.4) is 0 Å². The molecule has 1 fully saturated rings. The standard InChI is InChI=1S/C22H20ClFN4/c23-17-5-8-19-21(14-17)28-9-1-2-20(28)22(25-19)27-12-10-26(11-13-27)15-16-3-6-18(24)7-4-16/h1-9,14H,10-13,15H2. The Kier molecular flexibility index (Phi) is 4.41. The Morgan fingerprint density at radius 2 is 1.71 bits per heavy atom. The van der Waals surface area contributed by atoms with Gasteiger partial charge in [-0.15, -0.1) is 0 Å². The Morgan fingerprint density at radius 1 is 0.929 bits per heavy atom. The molecule has 4 nitrogen and oxygen atoms in total. The average Bonchev–Trinajstić information content (AvgIpc) is 3.20. The Hall–Kier alpha value is -2.63. The zero-order valence-electron chi connectivity index (χ0n) is 15.4. The van der Waals surface area contributed by atoms with Gasteiger partial charge in [-0.1, -0.05) is 23.7 Å². The minimum atomic E-state index is -0.187. The van der Waals surface area contributed by atoms with Crippen LogP contribution in [0.25, 0.3) is 16.6 Å². The van der Waals surface area contributed by atoms with Gasteiger partial charge in [0, 0.05) is 43.9 Å². The Balaban J connectivity index is 1.38. The quantitative estimate of drug-likeness (QED) is 0.507. The number of fused-ring (bicyclic) bond motifs is 3. The van der Waals surface area contributed by atoms with E-state index in [1.807, 2.05) is 36.4 Å². The zero-order valence-corrected chi connectivity index (χ0v) is 16.1. The molecule has 28 heavy (non-hydrogen) atoms. The first-order valence-electron chi connectivity index (χ1n) is 9.45. The molecule has 4 aromatic rings. The topological polar surface area (TPSA) is 23.8 Å². The molecular weight excluding hydrogens is 375 g/mol. The van der Waals surface area contributed by atoms with Crippen molar-refractivity contribution in [3.05, 3.63) is 77.2 Å². The van der Waals surface area contributed by atoms with Crippen molar-refractivity contribution < 1.29 is 4.39 Å². The molecule has 0 aliphatic carbocycles. The molecule has 2 aromatic carbocycles. The maximum Gasteiger partial charge on any atom is 0.153 e. The lowest BCUT2D eigenvalue weighted by atomic mass is 10.2. The third kappa shape index (κ3) is 3.21. The fourth-order valence-corrected chi connectivity index (χ4v) is 4.09. The molecule has 0 atom stereocenters. The maximum atomic E-state index is 13.1. The highest BCUT2D eigenvalue weighted by atomic mass is 35.5. The van der Waals surface area contributed by atoms with Gasteiger partial charge < -0.3 is 9.30 Å². The van der Waals surface area contributed by atoms with Crippen LogP contribution in [-0.2, 0) is 6.54 Å². The van der Waals surface area contributed by atoms with E-state index in [4.69, 9.17) is 16.6 Å². The number of piperazine rings is 1. The monoisotopic (exact) mass is 394 g/mol. The molecule has 1 aliphatic heterocycles. The fraction of sp³-hybridized carbons (Fsp3) is 0.227. The van der Waals surface area contributed by atoms with E-state index in [0.717, 1.165) is 60.7 Å². The molecule has 0 radical (unpaired) electrons. The second-order valence-corrected chi connectivity index (χ2v) is 7.66. The SMILES string of the molecule is Fc1ccc(CN2CCN(c3nc4ccc(Cl)cc4n4cccc34)CC2)cc1. The van der Waals surface area contributed by atoms with Gasteiger partial charge in [0.15, 0.2) is 5.82 Å². The first kappa shape index (κ1) is 17.5. The van der Waals surface area contributed by atoms with E-state index in [1.165, 1.54) is 12.1 Å².